The van der Waals surface area contributed by atoms with Crippen LogP contribution in [0.5, 0.6) is 0 Å². The summed E-state index contributed by atoms with van der Waals surface area (Å²) >= 11 is 0. The first-order chi connectivity index (χ1) is 10.1. The number of rotatable bonds is 1. The summed E-state index contributed by atoms with van der Waals surface area (Å²) in [5.74, 6) is 6.13. The zero-order valence-electron chi connectivity index (χ0n) is 12.7. The molecule has 0 saturated carbocycles. The number of benzene rings is 1. The average molecular weight is 282 g/mol. The number of nitrogens with zero attached hydrogens (tertiary/aromatic N) is 1. The Morgan fingerprint density at radius 3 is 3.00 bits per heavy atom. The minimum absolute atomic E-state index is 0.767. The summed E-state index contributed by atoms with van der Waals surface area (Å²) in [7, 11) is 0. The minimum atomic E-state index is -0.781. The molecule has 0 aliphatic carbocycles. The molecular formula is C18H22N2O. The molecule has 0 amide bonds. The topological polar surface area (TPSA) is 39.3 Å². The Morgan fingerprint density at radius 2 is 2.19 bits per heavy atom. The second kappa shape index (κ2) is 5.55. The molecule has 2 N–H and O–H groups in total. The molecule has 2 aromatic rings. The van der Waals surface area contributed by atoms with Crippen LogP contribution in [0.15, 0.2) is 24.3 Å². The van der Waals surface area contributed by atoms with Crippen molar-refractivity contribution in [3.05, 3.63) is 35.5 Å². The molecule has 1 aromatic heterocycles. The normalized spacial score (nSPS) is 23.0. The highest BCUT2D eigenvalue weighted by Gasteiger charge is 2.31. The maximum absolute atomic E-state index is 10.8. The third-order valence-corrected chi connectivity index (χ3v) is 4.35. The van der Waals surface area contributed by atoms with Crippen molar-refractivity contribution in [2.24, 2.45) is 0 Å². The second-order valence-corrected chi connectivity index (χ2v) is 6.04. The molecule has 0 bridgehead atoms. The van der Waals surface area contributed by atoms with E-state index in [1.165, 1.54) is 10.9 Å². The molecule has 3 rings (SSSR count). The van der Waals surface area contributed by atoms with Crippen molar-refractivity contribution in [1.29, 1.82) is 0 Å². The van der Waals surface area contributed by atoms with E-state index in [1.807, 2.05) is 19.9 Å². The third-order valence-electron chi connectivity index (χ3n) is 4.35. The number of aromatic nitrogens is 1. The summed E-state index contributed by atoms with van der Waals surface area (Å²) in [5.41, 5.74) is 2.51. The molecule has 1 aromatic carbocycles. The summed E-state index contributed by atoms with van der Waals surface area (Å²) in [6.45, 7) is 6.40. The van der Waals surface area contributed by atoms with Crippen molar-refractivity contribution in [2.45, 2.75) is 38.8 Å². The van der Waals surface area contributed by atoms with Gasteiger partial charge in [-0.15, -0.1) is 5.92 Å². The first kappa shape index (κ1) is 14.2. The molecule has 0 saturated heterocycles. The molecule has 1 aliphatic rings. The van der Waals surface area contributed by atoms with Crippen molar-refractivity contribution < 1.29 is 5.11 Å². The van der Waals surface area contributed by atoms with Crippen molar-refractivity contribution in [1.82, 2.24) is 9.88 Å². The Labute approximate surface area is 126 Å². The summed E-state index contributed by atoms with van der Waals surface area (Å²) in [4.78, 5) is 5.80. The van der Waals surface area contributed by atoms with E-state index in [0.29, 0.717) is 0 Å². The summed E-state index contributed by atoms with van der Waals surface area (Å²) in [6, 6.07) is 8.29. The Kier molecular flexibility index (Phi) is 3.75. The van der Waals surface area contributed by atoms with Crippen molar-refractivity contribution in [3.8, 4) is 11.8 Å². The zero-order chi connectivity index (χ0) is 14.9. The molecule has 1 atom stereocenters. The van der Waals surface area contributed by atoms with Gasteiger partial charge in [-0.3, -0.25) is 4.90 Å². The van der Waals surface area contributed by atoms with Gasteiger partial charge in [-0.25, -0.2) is 0 Å². The van der Waals surface area contributed by atoms with E-state index >= 15 is 0 Å². The van der Waals surface area contributed by atoms with E-state index < -0.39 is 5.60 Å². The van der Waals surface area contributed by atoms with Gasteiger partial charge in [0.25, 0.3) is 0 Å². The van der Waals surface area contributed by atoms with Crippen LogP contribution in [0.4, 0.5) is 0 Å². The highest BCUT2D eigenvalue weighted by atomic mass is 16.3. The lowest BCUT2D eigenvalue weighted by atomic mass is 9.90. The molecule has 3 nitrogen and oxygen atoms in total. The second-order valence-electron chi connectivity index (χ2n) is 6.04. The van der Waals surface area contributed by atoms with E-state index in [1.54, 1.807) is 0 Å². The highest BCUT2D eigenvalue weighted by Crippen LogP contribution is 2.35. The summed E-state index contributed by atoms with van der Waals surface area (Å²) in [6.07, 6.45) is 1.75. The molecule has 1 aliphatic heterocycles. The smallest absolute Gasteiger partial charge is 0.102 e. The molecule has 2 heterocycles. The van der Waals surface area contributed by atoms with Gasteiger partial charge >= 0.3 is 0 Å². The van der Waals surface area contributed by atoms with Gasteiger partial charge in [0.15, 0.2) is 0 Å². The molecule has 0 radical (unpaired) electrons. The monoisotopic (exact) mass is 282 g/mol. The van der Waals surface area contributed by atoms with Gasteiger partial charge in [-0.2, -0.15) is 0 Å². The quantitative estimate of drug-likeness (QED) is 0.789. The first-order valence-corrected chi connectivity index (χ1v) is 7.56. The van der Waals surface area contributed by atoms with Crippen LogP contribution in [0.25, 0.3) is 10.9 Å². The standard InChI is InChI=1S/C18H22N2O/c1-3-4-11-20-12-7-10-18(2,21)17-15(13-20)14-8-5-6-9-16(14)19-17/h5-6,8-9,19,21H,7,10-13H2,1-2H3. The van der Waals surface area contributed by atoms with Crippen LogP contribution in [0.3, 0.4) is 0 Å². The van der Waals surface area contributed by atoms with Gasteiger partial charge in [0, 0.05) is 17.4 Å². The lowest BCUT2D eigenvalue weighted by molar-refractivity contribution is 0.0332. The van der Waals surface area contributed by atoms with Gasteiger partial charge in [0.05, 0.1) is 12.2 Å². The number of aliphatic hydroxyl groups is 1. The predicted molar refractivity (Wildman–Crippen MR) is 85.8 cm³/mol. The summed E-state index contributed by atoms with van der Waals surface area (Å²) in [5, 5.41) is 12.0. The number of fused-ring (bicyclic) bond motifs is 3. The predicted octanol–water partition coefficient (Wildman–Crippen LogP) is 2.99. The molecule has 1 unspecified atom stereocenters. The van der Waals surface area contributed by atoms with E-state index in [2.05, 4.69) is 39.9 Å². The van der Waals surface area contributed by atoms with E-state index in [-0.39, 0.29) is 0 Å². The lowest BCUT2D eigenvalue weighted by Crippen LogP contribution is -2.33. The number of H-pyrrole nitrogens is 1. The highest BCUT2D eigenvalue weighted by molar-refractivity contribution is 5.85. The molecular weight excluding hydrogens is 260 g/mol. The van der Waals surface area contributed by atoms with Crippen molar-refractivity contribution >= 4 is 10.9 Å². The van der Waals surface area contributed by atoms with Gasteiger partial charge in [0.2, 0.25) is 0 Å². The maximum atomic E-state index is 10.8. The first-order valence-electron chi connectivity index (χ1n) is 7.56. The van der Waals surface area contributed by atoms with Crippen LogP contribution in [0.1, 0.15) is 37.9 Å². The van der Waals surface area contributed by atoms with Crippen LogP contribution in [0, 0.1) is 11.8 Å². The average Bonchev–Trinajstić information content (AvgIpc) is 2.82. The fourth-order valence-corrected chi connectivity index (χ4v) is 3.22. The third kappa shape index (κ3) is 2.70. The number of hydrogen-bond acceptors (Lipinski definition) is 2. The largest absolute Gasteiger partial charge is 0.384 e. The van der Waals surface area contributed by atoms with E-state index in [9.17, 15) is 5.11 Å². The van der Waals surface area contributed by atoms with Crippen molar-refractivity contribution in [2.75, 3.05) is 13.1 Å². The van der Waals surface area contributed by atoms with E-state index in [0.717, 1.165) is 43.7 Å². The molecule has 21 heavy (non-hydrogen) atoms. The van der Waals surface area contributed by atoms with Gasteiger partial charge < -0.3 is 10.1 Å². The number of para-hydroxylation sites is 1. The fraction of sp³-hybridized carbons (Fsp3) is 0.444. The van der Waals surface area contributed by atoms with Gasteiger partial charge in [-0.1, -0.05) is 24.1 Å². The van der Waals surface area contributed by atoms with Crippen LogP contribution >= 0.6 is 0 Å². The Hall–Kier alpha value is -1.76. The van der Waals surface area contributed by atoms with Crippen LogP contribution in [-0.2, 0) is 12.1 Å². The van der Waals surface area contributed by atoms with Gasteiger partial charge in [-0.05, 0) is 44.9 Å². The van der Waals surface area contributed by atoms with Crippen LogP contribution < -0.4 is 0 Å². The Morgan fingerprint density at radius 1 is 1.38 bits per heavy atom. The Balaban J connectivity index is 2.09. The van der Waals surface area contributed by atoms with Crippen molar-refractivity contribution in [3.63, 3.8) is 0 Å². The Bertz CT molecular complexity index is 703. The molecule has 0 fully saturated rings. The molecule has 3 heteroatoms. The maximum Gasteiger partial charge on any atom is 0.102 e. The molecule has 0 spiro atoms. The summed E-state index contributed by atoms with van der Waals surface area (Å²) < 4.78 is 0. The van der Waals surface area contributed by atoms with Gasteiger partial charge in [0.1, 0.15) is 5.60 Å². The van der Waals surface area contributed by atoms with Crippen LogP contribution in [-0.4, -0.2) is 28.1 Å². The minimum Gasteiger partial charge on any atom is -0.384 e. The SMILES string of the molecule is CC#CCN1CCCC(C)(O)c2[nH]c3ccccc3c2C1. The number of aromatic amines is 1. The fourth-order valence-electron chi connectivity index (χ4n) is 3.22. The lowest BCUT2D eigenvalue weighted by Gasteiger charge is -2.30. The number of nitrogens with one attached hydrogen (secondary N) is 1. The zero-order valence-corrected chi connectivity index (χ0v) is 12.7. The van der Waals surface area contributed by atoms with Crippen LogP contribution in [0.2, 0.25) is 0 Å². The molecule has 110 valence electrons. The number of hydrogen-bond donors (Lipinski definition) is 2. The van der Waals surface area contributed by atoms with E-state index in [4.69, 9.17) is 0 Å².